The number of aryl methyl sites for hydroxylation is 2. The molecule has 2 aromatic heterocycles. The molecule has 0 unspecified atom stereocenters. The molecule has 5 rings (SSSR count). The Hall–Kier alpha value is -3.52. The highest BCUT2D eigenvalue weighted by molar-refractivity contribution is 5.90. The van der Waals surface area contributed by atoms with Crippen LogP contribution in [0.15, 0.2) is 29.1 Å². The van der Waals surface area contributed by atoms with E-state index in [9.17, 15) is 14.4 Å². The summed E-state index contributed by atoms with van der Waals surface area (Å²) in [7, 11) is 0. The fourth-order valence-electron chi connectivity index (χ4n) is 5.10. The van der Waals surface area contributed by atoms with Crippen molar-refractivity contribution in [2.45, 2.75) is 65.3 Å². The number of pyridine rings is 2. The lowest BCUT2D eigenvalue weighted by Gasteiger charge is -2.36. The Kier molecular flexibility index (Phi) is 5.09. The molecule has 2 atom stereocenters. The third-order valence-corrected chi connectivity index (χ3v) is 6.93. The normalized spacial score (nSPS) is 19.3. The molecule has 34 heavy (non-hydrogen) atoms. The van der Waals surface area contributed by atoms with Crippen molar-refractivity contribution < 1.29 is 19.1 Å². The Morgan fingerprint density at radius 3 is 2.71 bits per heavy atom. The van der Waals surface area contributed by atoms with Crippen LogP contribution in [0.25, 0.3) is 22.3 Å². The van der Waals surface area contributed by atoms with Crippen molar-refractivity contribution in [3.63, 3.8) is 0 Å². The predicted octanol–water partition coefficient (Wildman–Crippen LogP) is 2.85. The number of nitrogens with zero attached hydrogens (tertiary/aromatic N) is 2. The molecular formula is C26H27N3O5. The SMILES string of the molecule is CCc1c2c(nc3ccc(C)cc13)-c1cc3c(c(=O)n1C2)COC(=O)[C@@]3(CC)OC(=O)[C@H](C)N. The van der Waals surface area contributed by atoms with Crippen molar-refractivity contribution in [2.75, 3.05) is 0 Å². The molecule has 0 radical (unpaired) electrons. The average Bonchev–Trinajstić information content (AvgIpc) is 3.18. The van der Waals surface area contributed by atoms with Gasteiger partial charge in [0, 0.05) is 16.5 Å². The molecule has 0 amide bonds. The van der Waals surface area contributed by atoms with Gasteiger partial charge in [0.25, 0.3) is 5.56 Å². The molecule has 4 heterocycles. The third-order valence-electron chi connectivity index (χ3n) is 6.93. The maximum absolute atomic E-state index is 13.6. The molecule has 0 saturated heterocycles. The van der Waals surface area contributed by atoms with E-state index >= 15 is 0 Å². The standard InChI is InChI=1S/C26H27N3O5/c1-5-15-16-9-13(3)7-8-20(16)28-22-17(15)11-29-21(22)10-19-18(23(29)30)12-33-25(32)26(19,6-2)34-24(31)14(4)27/h7-10,14H,5-6,11-12,27H2,1-4H3/t14-,26-/m0/s1. The van der Waals surface area contributed by atoms with Crippen molar-refractivity contribution in [2.24, 2.45) is 5.73 Å². The highest BCUT2D eigenvalue weighted by Gasteiger charge is 2.50. The Labute approximate surface area is 196 Å². The van der Waals surface area contributed by atoms with Gasteiger partial charge in [0.15, 0.2) is 0 Å². The molecule has 8 nitrogen and oxygen atoms in total. The second-order valence-electron chi connectivity index (χ2n) is 9.07. The number of hydrogen-bond donors (Lipinski definition) is 1. The van der Waals surface area contributed by atoms with E-state index in [2.05, 4.69) is 13.0 Å². The van der Waals surface area contributed by atoms with Gasteiger partial charge < -0.3 is 19.8 Å². The number of hydrogen-bond acceptors (Lipinski definition) is 7. The van der Waals surface area contributed by atoms with Crippen LogP contribution in [0.1, 0.15) is 55.0 Å². The first kappa shape index (κ1) is 22.3. The van der Waals surface area contributed by atoms with Crippen LogP contribution in [0.2, 0.25) is 0 Å². The molecule has 0 saturated carbocycles. The first-order chi connectivity index (χ1) is 16.2. The molecule has 0 fully saturated rings. The number of fused-ring (bicyclic) bond motifs is 5. The Balaban J connectivity index is 1.78. The Bertz CT molecular complexity index is 1440. The van der Waals surface area contributed by atoms with Crippen LogP contribution >= 0.6 is 0 Å². The predicted molar refractivity (Wildman–Crippen MR) is 126 cm³/mol. The molecule has 3 aromatic rings. The summed E-state index contributed by atoms with van der Waals surface area (Å²) in [5, 5.41) is 1.08. The van der Waals surface area contributed by atoms with Crippen molar-refractivity contribution in [1.82, 2.24) is 9.55 Å². The lowest BCUT2D eigenvalue weighted by Crippen LogP contribution is -2.49. The molecule has 176 valence electrons. The lowest BCUT2D eigenvalue weighted by atomic mass is 9.85. The van der Waals surface area contributed by atoms with E-state index in [1.54, 1.807) is 17.6 Å². The van der Waals surface area contributed by atoms with E-state index in [1.807, 2.05) is 19.1 Å². The number of nitrogens with two attached hydrogens (primary N) is 1. The van der Waals surface area contributed by atoms with Gasteiger partial charge in [-0.15, -0.1) is 0 Å². The summed E-state index contributed by atoms with van der Waals surface area (Å²) in [4.78, 5) is 44.0. The topological polar surface area (TPSA) is 114 Å². The summed E-state index contributed by atoms with van der Waals surface area (Å²) in [6.45, 7) is 7.56. The Morgan fingerprint density at radius 2 is 2.03 bits per heavy atom. The molecular weight excluding hydrogens is 434 g/mol. The zero-order chi connectivity index (χ0) is 24.4. The third kappa shape index (κ3) is 3.01. The zero-order valence-electron chi connectivity index (χ0n) is 19.7. The minimum absolute atomic E-state index is 0.109. The summed E-state index contributed by atoms with van der Waals surface area (Å²) in [5.74, 6) is -1.43. The number of rotatable bonds is 4. The lowest BCUT2D eigenvalue weighted by molar-refractivity contribution is -0.190. The molecule has 2 N–H and O–H groups in total. The first-order valence-electron chi connectivity index (χ1n) is 11.6. The number of cyclic esters (lactones) is 1. The molecule has 0 aliphatic carbocycles. The van der Waals surface area contributed by atoms with Gasteiger partial charge in [0.1, 0.15) is 12.6 Å². The highest BCUT2D eigenvalue weighted by atomic mass is 16.6. The maximum Gasteiger partial charge on any atom is 0.355 e. The summed E-state index contributed by atoms with van der Waals surface area (Å²) in [5.41, 5.74) is 9.87. The average molecular weight is 462 g/mol. The fraction of sp³-hybridized carbons (Fsp3) is 0.385. The summed E-state index contributed by atoms with van der Waals surface area (Å²) in [6.07, 6.45) is 0.900. The van der Waals surface area contributed by atoms with E-state index in [-0.39, 0.29) is 18.6 Å². The smallest absolute Gasteiger partial charge is 0.355 e. The van der Waals surface area contributed by atoms with Gasteiger partial charge in [-0.05, 0) is 50.5 Å². The van der Waals surface area contributed by atoms with Crippen LogP contribution < -0.4 is 11.3 Å². The fourth-order valence-corrected chi connectivity index (χ4v) is 5.10. The summed E-state index contributed by atoms with van der Waals surface area (Å²) in [6, 6.07) is 6.97. The van der Waals surface area contributed by atoms with Crippen molar-refractivity contribution in [3.05, 3.63) is 62.4 Å². The summed E-state index contributed by atoms with van der Waals surface area (Å²) < 4.78 is 12.7. The minimum Gasteiger partial charge on any atom is -0.457 e. The van der Waals surface area contributed by atoms with Crippen LogP contribution in [0.3, 0.4) is 0 Å². The number of carbonyl (C=O) groups is 2. The van der Waals surface area contributed by atoms with Gasteiger partial charge in [-0.3, -0.25) is 9.59 Å². The van der Waals surface area contributed by atoms with E-state index in [4.69, 9.17) is 20.2 Å². The van der Waals surface area contributed by atoms with Gasteiger partial charge in [-0.2, -0.15) is 0 Å². The van der Waals surface area contributed by atoms with Crippen LogP contribution in [0.4, 0.5) is 0 Å². The number of esters is 2. The highest BCUT2D eigenvalue weighted by Crippen LogP contribution is 2.42. The number of aromatic nitrogens is 2. The number of benzene rings is 1. The van der Waals surface area contributed by atoms with Gasteiger partial charge >= 0.3 is 11.9 Å². The number of carbonyl (C=O) groups excluding carboxylic acids is 2. The minimum atomic E-state index is -1.72. The van der Waals surface area contributed by atoms with E-state index < -0.39 is 23.6 Å². The van der Waals surface area contributed by atoms with Crippen LogP contribution in [-0.4, -0.2) is 27.5 Å². The maximum atomic E-state index is 13.6. The van der Waals surface area contributed by atoms with E-state index in [1.165, 1.54) is 6.92 Å². The molecule has 2 aliphatic rings. The van der Waals surface area contributed by atoms with E-state index in [0.29, 0.717) is 23.4 Å². The van der Waals surface area contributed by atoms with Crippen molar-refractivity contribution in [1.29, 1.82) is 0 Å². The molecule has 1 aromatic carbocycles. The van der Waals surface area contributed by atoms with E-state index in [0.717, 1.165) is 39.7 Å². The first-order valence-corrected chi connectivity index (χ1v) is 11.6. The van der Waals surface area contributed by atoms with Gasteiger partial charge in [-0.1, -0.05) is 25.5 Å². The molecule has 0 spiro atoms. The van der Waals surface area contributed by atoms with Crippen LogP contribution in [0, 0.1) is 6.92 Å². The number of ether oxygens (including phenoxy) is 2. The van der Waals surface area contributed by atoms with Gasteiger partial charge in [0.05, 0.1) is 29.0 Å². The Morgan fingerprint density at radius 1 is 1.26 bits per heavy atom. The van der Waals surface area contributed by atoms with Gasteiger partial charge in [-0.25, -0.2) is 9.78 Å². The van der Waals surface area contributed by atoms with Crippen molar-refractivity contribution in [3.8, 4) is 11.4 Å². The quantitative estimate of drug-likeness (QED) is 0.465. The van der Waals surface area contributed by atoms with Gasteiger partial charge in [0.2, 0.25) is 5.60 Å². The van der Waals surface area contributed by atoms with Crippen LogP contribution in [-0.2, 0) is 44.2 Å². The van der Waals surface area contributed by atoms with Crippen molar-refractivity contribution >= 4 is 22.8 Å². The largest absolute Gasteiger partial charge is 0.457 e. The second kappa shape index (κ2) is 7.77. The second-order valence-corrected chi connectivity index (χ2v) is 9.07. The molecule has 0 bridgehead atoms. The molecule has 2 aliphatic heterocycles. The van der Waals surface area contributed by atoms with Crippen LogP contribution in [0.5, 0.6) is 0 Å². The molecule has 8 heteroatoms. The monoisotopic (exact) mass is 461 g/mol. The zero-order valence-corrected chi connectivity index (χ0v) is 19.7. The summed E-state index contributed by atoms with van der Waals surface area (Å²) >= 11 is 0.